The molecule has 1 aromatic carbocycles. The van der Waals surface area contributed by atoms with Crippen LogP contribution in [0.3, 0.4) is 0 Å². The highest BCUT2D eigenvalue weighted by atomic mass is 16.5. The van der Waals surface area contributed by atoms with Gasteiger partial charge in [0.15, 0.2) is 11.6 Å². The molecular weight excluding hydrogens is 464 g/mol. The van der Waals surface area contributed by atoms with Gasteiger partial charge in [0.05, 0.1) is 24.6 Å². The average molecular weight is 511 g/mol. The molecule has 6 heteroatoms. The van der Waals surface area contributed by atoms with Crippen LogP contribution in [0, 0.1) is 0 Å². The molecule has 1 aromatic heterocycles. The van der Waals surface area contributed by atoms with Crippen molar-refractivity contribution >= 4 is 11.5 Å². The van der Waals surface area contributed by atoms with E-state index < -0.39 is 5.97 Å². The number of carboxylic acids is 1. The molecule has 0 bridgehead atoms. The van der Waals surface area contributed by atoms with Crippen LogP contribution in [0.15, 0.2) is 42.7 Å². The van der Waals surface area contributed by atoms with Crippen LogP contribution < -0.4 is 4.74 Å². The van der Waals surface area contributed by atoms with E-state index in [4.69, 9.17) is 9.47 Å². The standard InChI is InChI=1S/C31H46N2O4/c1-3-5-7-8-9-10-11-12-16-29(31(34)35)26-17-19-27(20-18-26)30-32-24-28(25-33-30)37-23-15-14-22-36-21-13-6-4-2/h16-20,24-25H,3-15,21-23H2,1-2H3,(H,34,35). The second-order valence-corrected chi connectivity index (χ2v) is 9.53. The van der Waals surface area contributed by atoms with Crippen LogP contribution in [0.2, 0.25) is 0 Å². The molecule has 1 heterocycles. The van der Waals surface area contributed by atoms with Crippen LogP contribution in [-0.2, 0) is 9.53 Å². The molecule has 0 aliphatic rings. The summed E-state index contributed by atoms with van der Waals surface area (Å²) in [6, 6.07) is 7.41. The minimum absolute atomic E-state index is 0.355. The molecule has 0 atom stereocenters. The first-order valence-electron chi connectivity index (χ1n) is 14.2. The molecule has 0 amide bonds. The lowest BCUT2D eigenvalue weighted by Gasteiger charge is -2.08. The molecule has 6 nitrogen and oxygen atoms in total. The normalized spacial score (nSPS) is 11.6. The molecular formula is C31H46N2O4. The lowest BCUT2D eigenvalue weighted by Crippen LogP contribution is -2.02. The summed E-state index contributed by atoms with van der Waals surface area (Å²) in [5, 5.41) is 9.69. The van der Waals surface area contributed by atoms with Gasteiger partial charge in [-0.25, -0.2) is 14.8 Å². The van der Waals surface area contributed by atoms with E-state index in [2.05, 4.69) is 23.8 Å². The Hall–Kier alpha value is -2.73. The van der Waals surface area contributed by atoms with Gasteiger partial charge < -0.3 is 14.6 Å². The number of rotatable bonds is 21. The fourth-order valence-corrected chi connectivity index (χ4v) is 4.07. The van der Waals surface area contributed by atoms with Gasteiger partial charge in [-0.2, -0.15) is 0 Å². The van der Waals surface area contributed by atoms with E-state index in [1.807, 2.05) is 30.3 Å². The monoisotopic (exact) mass is 510 g/mol. The maximum absolute atomic E-state index is 11.8. The molecule has 1 N–H and O–H groups in total. The number of hydrogen-bond acceptors (Lipinski definition) is 5. The van der Waals surface area contributed by atoms with Gasteiger partial charge in [0.2, 0.25) is 0 Å². The lowest BCUT2D eigenvalue weighted by molar-refractivity contribution is -0.130. The minimum Gasteiger partial charge on any atom is -0.490 e. The number of carboxylic acid groups (broad SMARTS) is 1. The van der Waals surface area contributed by atoms with Crippen LogP contribution in [0.4, 0.5) is 0 Å². The van der Waals surface area contributed by atoms with Crippen molar-refractivity contribution in [1.82, 2.24) is 9.97 Å². The van der Waals surface area contributed by atoms with E-state index in [1.54, 1.807) is 12.4 Å². The van der Waals surface area contributed by atoms with Gasteiger partial charge in [0.25, 0.3) is 0 Å². The summed E-state index contributed by atoms with van der Waals surface area (Å²) < 4.78 is 11.4. The van der Waals surface area contributed by atoms with E-state index in [1.165, 1.54) is 44.9 Å². The zero-order valence-corrected chi connectivity index (χ0v) is 22.9. The number of allylic oxidation sites excluding steroid dienone is 1. The van der Waals surface area contributed by atoms with Gasteiger partial charge in [-0.15, -0.1) is 0 Å². The van der Waals surface area contributed by atoms with E-state index in [0.717, 1.165) is 57.3 Å². The lowest BCUT2D eigenvalue weighted by atomic mass is 10.0. The first kappa shape index (κ1) is 30.5. The van der Waals surface area contributed by atoms with Crippen molar-refractivity contribution in [2.24, 2.45) is 0 Å². The van der Waals surface area contributed by atoms with Crippen LogP contribution in [0.5, 0.6) is 5.75 Å². The summed E-state index contributed by atoms with van der Waals surface area (Å²) in [5.74, 6) is 0.338. The summed E-state index contributed by atoms with van der Waals surface area (Å²) in [7, 11) is 0. The minimum atomic E-state index is -0.892. The highest BCUT2D eigenvalue weighted by Crippen LogP contribution is 2.22. The molecule has 0 fully saturated rings. The quantitative estimate of drug-likeness (QED) is 0.135. The van der Waals surface area contributed by atoms with E-state index in [-0.39, 0.29) is 0 Å². The van der Waals surface area contributed by atoms with Crippen molar-refractivity contribution < 1.29 is 19.4 Å². The fraction of sp³-hybridized carbons (Fsp3) is 0.581. The Morgan fingerprint density at radius 3 is 2.00 bits per heavy atom. The second kappa shape index (κ2) is 19.4. The maximum atomic E-state index is 11.8. The summed E-state index contributed by atoms with van der Waals surface area (Å²) in [5.41, 5.74) is 1.90. The molecule has 2 aromatic rings. The van der Waals surface area contributed by atoms with Crippen molar-refractivity contribution in [3.8, 4) is 17.1 Å². The summed E-state index contributed by atoms with van der Waals surface area (Å²) in [6.07, 6.45) is 20.0. The van der Waals surface area contributed by atoms with Crippen molar-refractivity contribution in [1.29, 1.82) is 0 Å². The predicted octanol–water partition coefficient (Wildman–Crippen LogP) is 8.12. The first-order chi connectivity index (χ1) is 18.2. The Morgan fingerprint density at radius 1 is 0.784 bits per heavy atom. The van der Waals surface area contributed by atoms with Gasteiger partial charge in [0, 0.05) is 18.8 Å². The van der Waals surface area contributed by atoms with E-state index in [9.17, 15) is 9.90 Å². The molecule has 37 heavy (non-hydrogen) atoms. The third kappa shape index (κ3) is 12.9. The Bertz CT molecular complexity index is 894. The van der Waals surface area contributed by atoms with Crippen LogP contribution >= 0.6 is 0 Å². The highest BCUT2D eigenvalue weighted by molar-refractivity contribution is 6.15. The zero-order valence-electron chi connectivity index (χ0n) is 22.9. The Kier molecular flexibility index (Phi) is 16.0. The van der Waals surface area contributed by atoms with Gasteiger partial charge in [0.1, 0.15) is 0 Å². The number of aromatic nitrogens is 2. The molecule has 0 saturated heterocycles. The predicted molar refractivity (Wildman–Crippen MR) is 151 cm³/mol. The molecule has 0 aliphatic carbocycles. The summed E-state index contributed by atoms with van der Waals surface area (Å²) in [6.45, 7) is 6.64. The fourth-order valence-electron chi connectivity index (χ4n) is 4.07. The molecule has 0 aliphatic heterocycles. The third-order valence-electron chi connectivity index (χ3n) is 6.31. The second-order valence-electron chi connectivity index (χ2n) is 9.53. The van der Waals surface area contributed by atoms with Crippen LogP contribution in [0.25, 0.3) is 17.0 Å². The smallest absolute Gasteiger partial charge is 0.335 e. The average Bonchev–Trinajstić information content (AvgIpc) is 2.92. The van der Waals surface area contributed by atoms with E-state index in [0.29, 0.717) is 29.3 Å². The van der Waals surface area contributed by atoms with Gasteiger partial charge in [-0.05, 0) is 37.7 Å². The number of unbranched alkanes of at least 4 members (excludes halogenated alkanes) is 10. The molecule has 204 valence electrons. The van der Waals surface area contributed by atoms with Crippen LogP contribution in [0.1, 0.15) is 103 Å². The molecule has 0 radical (unpaired) electrons. The molecule has 0 unspecified atom stereocenters. The summed E-state index contributed by atoms with van der Waals surface area (Å²) in [4.78, 5) is 20.7. The Balaban J connectivity index is 1.76. The first-order valence-corrected chi connectivity index (χ1v) is 14.2. The number of nitrogens with zero attached hydrogens (tertiary/aromatic N) is 2. The van der Waals surface area contributed by atoms with Crippen molar-refractivity contribution in [3.05, 3.63) is 48.3 Å². The van der Waals surface area contributed by atoms with Crippen LogP contribution in [-0.4, -0.2) is 40.9 Å². The van der Waals surface area contributed by atoms with Crippen molar-refractivity contribution in [2.75, 3.05) is 19.8 Å². The largest absolute Gasteiger partial charge is 0.490 e. The SMILES string of the molecule is CCCCCCCCCC=C(C(=O)O)c1ccc(-c2ncc(OCCCCOCCCCC)cn2)cc1. The summed E-state index contributed by atoms with van der Waals surface area (Å²) >= 11 is 0. The Morgan fingerprint density at radius 2 is 1.35 bits per heavy atom. The number of hydrogen-bond donors (Lipinski definition) is 1. The highest BCUT2D eigenvalue weighted by Gasteiger charge is 2.11. The zero-order chi connectivity index (χ0) is 26.6. The molecule has 0 spiro atoms. The third-order valence-corrected chi connectivity index (χ3v) is 6.31. The Labute approximate surface area is 223 Å². The number of ether oxygens (including phenoxy) is 2. The number of benzene rings is 1. The van der Waals surface area contributed by atoms with Gasteiger partial charge in [-0.1, -0.05) is 95.6 Å². The van der Waals surface area contributed by atoms with Gasteiger partial charge in [-0.3, -0.25) is 0 Å². The topological polar surface area (TPSA) is 81.5 Å². The maximum Gasteiger partial charge on any atom is 0.335 e. The number of aliphatic carboxylic acids is 1. The van der Waals surface area contributed by atoms with E-state index >= 15 is 0 Å². The molecule has 2 rings (SSSR count). The molecule has 0 saturated carbocycles. The van der Waals surface area contributed by atoms with Crippen molar-refractivity contribution in [3.63, 3.8) is 0 Å². The number of carbonyl (C=O) groups is 1. The van der Waals surface area contributed by atoms with Crippen molar-refractivity contribution in [2.45, 2.75) is 97.3 Å². The van der Waals surface area contributed by atoms with Gasteiger partial charge >= 0.3 is 5.97 Å².